The Bertz CT molecular complexity index is 662. The second-order valence-electron chi connectivity index (χ2n) is 9.24. The Morgan fingerprint density at radius 2 is 1.54 bits per heavy atom. The predicted octanol–water partition coefficient (Wildman–Crippen LogP) is 7.73. The molecule has 1 aromatic carbocycles. The van der Waals surface area contributed by atoms with E-state index in [1.807, 2.05) is 0 Å². The quantitative estimate of drug-likeness (QED) is 0.379. The fraction of sp³-hybridized carbons (Fsp3) is 0.727. The molecule has 1 N–H and O–H groups in total. The van der Waals surface area contributed by atoms with Gasteiger partial charge in [0.2, 0.25) is 0 Å². The van der Waals surface area contributed by atoms with Crippen LogP contribution in [0.4, 0.5) is 0 Å². The molecule has 0 amide bonds. The molecule has 158 valence electrons. The van der Waals surface area contributed by atoms with Crippen molar-refractivity contribution in [2.45, 2.75) is 77.7 Å². The highest BCUT2D eigenvalue weighted by molar-refractivity contribution is 6.73. The van der Waals surface area contributed by atoms with Gasteiger partial charge in [-0.05, 0) is 60.4 Å². The first-order valence-electron chi connectivity index (χ1n) is 10.7. The summed E-state index contributed by atoms with van der Waals surface area (Å²) in [5.74, 6) is 1.75. The van der Waals surface area contributed by atoms with Crippen molar-refractivity contribution in [1.29, 1.82) is 0 Å². The van der Waals surface area contributed by atoms with Crippen LogP contribution in [0.5, 0.6) is 0 Å². The van der Waals surface area contributed by atoms with Gasteiger partial charge in [0.15, 0.2) is 8.32 Å². The summed E-state index contributed by atoms with van der Waals surface area (Å²) >= 11 is 19.3. The van der Waals surface area contributed by atoms with Gasteiger partial charge in [-0.2, -0.15) is 0 Å². The van der Waals surface area contributed by atoms with E-state index in [-0.39, 0.29) is 6.10 Å². The highest BCUT2D eigenvalue weighted by Gasteiger charge is 2.61. The minimum atomic E-state index is -1.82. The van der Waals surface area contributed by atoms with Crippen LogP contribution in [0.2, 0.25) is 33.2 Å². The summed E-state index contributed by atoms with van der Waals surface area (Å²) in [6.45, 7) is 12.3. The smallest absolute Gasteiger partial charge is 0.192 e. The Balaban J connectivity index is 1.77. The molecular formula is C22H34Cl3NOSi. The van der Waals surface area contributed by atoms with Gasteiger partial charge in [0, 0.05) is 33.2 Å². The van der Waals surface area contributed by atoms with Gasteiger partial charge in [0.05, 0.1) is 6.10 Å². The average molecular weight is 463 g/mol. The van der Waals surface area contributed by atoms with Crippen molar-refractivity contribution >= 4 is 43.1 Å². The van der Waals surface area contributed by atoms with Gasteiger partial charge < -0.3 is 9.74 Å². The van der Waals surface area contributed by atoms with Gasteiger partial charge in [0.25, 0.3) is 0 Å². The summed E-state index contributed by atoms with van der Waals surface area (Å²) in [4.78, 5) is 0. The van der Waals surface area contributed by atoms with Crippen LogP contribution in [0.3, 0.4) is 0 Å². The SMILES string of the molecule is CC[Si](CC)(CC)OC(CNC1C[C@@H]2[C@H](C1)C2(C)C)c1c(Cl)cc(Cl)cc1Cl. The van der Waals surface area contributed by atoms with E-state index in [0.717, 1.165) is 42.1 Å². The fourth-order valence-electron chi connectivity index (χ4n) is 5.31. The van der Waals surface area contributed by atoms with E-state index in [4.69, 9.17) is 39.2 Å². The third kappa shape index (κ3) is 4.45. The number of fused-ring (bicyclic) bond motifs is 1. The summed E-state index contributed by atoms with van der Waals surface area (Å²) < 4.78 is 6.88. The lowest BCUT2D eigenvalue weighted by atomic mass is 9.97. The first-order chi connectivity index (χ1) is 13.2. The highest BCUT2D eigenvalue weighted by atomic mass is 35.5. The zero-order chi connectivity index (χ0) is 20.7. The van der Waals surface area contributed by atoms with Crippen molar-refractivity contribution in [3.63, 3.8) is 0 Å². The molecule has 0 radical (unpaired) electrons. The molecule has 3 rings (SSSR count). The van der Waals surface area contributed by atoms with Gasteiger partial charge >= 0.3 is 0 Å². The Morgan fingerprint density at radius 1 is 1.04 bits per heavy atom. The molecule has 2 nitrogen and oxygen atoms in total. The lowest BCUT2D eigenvalue weighted by Gasteiger charge is -2.35. The molecule has 0 aromatic heterocycles. The highest BCUT2D eigenvalue weighted by Crippen LogP contribution is 2.66. The Kier molecular flexibility index (Phi) is 7.17. The van der Waals surface area contributed by atoms with E-state index in [0.29, 0.717) is 26.5 Å². The van der Waals surface area contributed by atoms with E-state index in [1.165, 1.54) is 12.8 Å². The first-order valence-corrected chi connectivity index (χ1v) is 14.4. The second-order valence-corrected chi connectivity index (χ2v) is 15.2. The van der Waals surface area contributed by atoms with E-state index in [9.17, 15) is 0 Å². The summed E-state index contributed by atoms with van der Waals surface area (Å²) in [6.07, 6.45) is 2.41. The average Bonchev–Trinajstić information content (AvgIpc) is 2.99. The lowest BCUT2D eigenvalue weighted by molar-refractivity contribution is 0.179. The molecule has 0 bridgehead atoms. The maximum absolute atomic E-state index is 6.88. The summed E-state index contributed by atoms with van der Waals surface area (Å²) in [6, 6.07) is 7.42. The zero-order valence-electron chi connectivity index (χ0n) is 17.7. The Hall–Kier alpha value is 0.227. The third-order valence-corrected chi connectivity index (χ3v) is 13.1. The standard InChI is InChI=1S/C22H34Cl3NOSi/c1-6-28(7-2,8-3)27-20(21-18(24)9-14(23)10-19(21)25)13-26-15-11-16-17(12-15)22(16,4)5/h9-10,15-17,20,26H,6-8,11-13H2,1-5H3/t15?,16-,17+,20?. The molecule has 28 heavy (non-hydrogen) atoms. The van der Waals surface area contributed by atoms with Crippen molar-refractivity contribution < 1.29 is 4.43 Å². The van der Waals surface area contributed by atoms with Crippen molar-refractivity contribution in [2.24, 2.45) is 17.3 Å². The third-order valence-electron chi connectivity index (χ3n) is 7.65. The number of hydrogen-bond donors (Lipinski definition) is 1. The molecule has 1 aromatic rings. The number of benzene rings is 1. The zero-order valence-corrected chi connectivity index (χ0v) is 21.0. The molecule has 0 heterocycles. The minimum Gasteiger partial charge on any atom is -0.409 e. The second kappa shape index (κ2) is 8.76. The largest absolute Gasteiger partial charge is 0.409 e. The number of halogens is 3. The number of rotatable bonds is 9. The van der Waals surface area contributed by atoms with Crippen LogP contribution in [0.15, 0.2) is 12.1 Å². The molecule has 0 spiro atoms. The first kappa shape index (κ1) is 22.9. The van der Waals surface area contributed by atoms with Crippen LogP contribution < -0.4 is 5.32 Å². The maximum Gasteiger partial charge on any atom is 0.192 e. The van der Waals surface area contributed by atoms with E-state index in [1.54, 1.807) is 12.1 Å². The van der Waals surface area contributed by atoms with E-state index in [2.05, 4.69) is 39.9 Å². The van der Waals surface area contributed by atoms with Crippen molar-refractivity contribution in [1.82, 2.24) is 5.32 Å². The van der Waals surface area contributed by atoms with Crippen LogP contribution in [0.1, 0.15) is 59.1 Å². The molecule has 0 saturated heterocycles. The van der Waals surface area contributed by atoms with Gasteiger partial charge in [0.1, 0.15) is 0 Å². The molecule has 2 fully saturated rings. The van der Waals surface area contributed by atoms with Gasteiger partial charge in [-0.25, -0.2) is 0 Å². The van der Waals surface area contributed by atoms with Crippen molar-refractivity contribution in [2.75, 3.05) is 6.54 Å². The summed E-state index contributed by atoms with van der Waals surface area (Å²) in [5.41, 5.74) is 1.43. The normalized spacial score (nSPS) is 26.9. The molecule has 0 aliphatic heterocycles. The number of hydrogen-bond acceptors (Lipinski definition) is 2. The minimum absolute atomic E-state index is 0.131. The molecule has 2 aliphatic carbocycles. The summed E-state index contributed by atoms with van der Waals surface area (Å²) in [7, 11) is -1.82. The molecule has 2 unspecified atom stereocenters. The van der Waals surface area contributed by atoms with Crippen LogP contribution in [0.25, 0.3) is 0 Å². The lowest BCUT2D eigenvalue weighted by Crippen LogP contribution is -2.41. The molecule has 4 atom stereocenters. The van der Waals surface area contributed by atoms with E-state index < -0.39 is 8.32 Å². The molecule has 2 aliphatic rings. The molecule has 6 heteroatoms. The predicted molar refractivity (Wildman–Crippen MR) is 124 cm³/mol. The van der Waals surface area contributed by atoms with Crippen LogP contribution in [-0.4, -0.2) is 20.9 Å². The molecule has 2 saturated carbocycles. The van der Waals surface area contributed by atoms with Crippen molar-refractivity contribution in [3.8, 4) is 0 Å². The van der Waals surface area contributed by atoms with Crippen LogP contribution in [-0.2, 0) is 4.43 Å². The topological polar surface area (TPSA) is 21.3 Å². The number of nitrogens with one attached hydrogen (secondary N) is 1. The van der Waals surface area contributed by atoms with Crippen LogP contribution >= 0.6 is 34.8 Å². The van der Waals surface area contributed by atoms with Gasteiger partial charge in [-0.15, -0.1) is 0 Å². The maximum atomic E-state index is 6.88. The fourth-order valence-corrected chi connectivity index (χ4v) is 9.17. The van der Waals surface area contributed by atoms with E-state index >= 15 is 0 Å². The van der Waals surface area contributed by atoms with Crippen LogP contribution in [0, 0.1) is 17.3 Å². The van der Waals surface area contributed by atoms with Crippen molar-refractivity contribution in [3.05, 3.63) is 32.8 Å². The molecular weight excluding hydrogens is 429 g/mol. The van der Waals surface area contributed by atoms with Gasteiger partial charge in [-0.1, -0.05) is 69.4 Å². The Morgan fingerprint density at radius 3 is 2.00 bits per heavy atom. The van der Waals surface area contributed by atoms with Gasteiger partial charge in [-0.3, -0.25) is 0 Å². The monoisotopic (exact) mass is 461 g/mol. The summed E-state index contributed by atoms with van der Waals surface area (Å²) in [5, 5.41) is 5.56. The Labute approximate surface area is 186 Å².